The van der Waals surface area contributed by atoms with E-state index in [0.29, 0.717) is 6.54 Å². The number of halogens is 1. The van der Waals surface area contributed by atoms with E-state index in [1.807, 2.05) is 18.2 Å². The lowest BCUT2D eigenvalue weighted by Gasteiger charge is -2.26. The number of nitrogens with zero attached hydrogens (tertiary/aromatic N) is 2. The third-order valence-electron chi connectivity index (χ3n) is 2.63. The van der Waals surface area contributed by atoms with Crippen molar-refractivity contribution in [2.45, 2.75) is 13.3 Å². The fourth-order valence-corrected chi connectivity index (χ4v) is 2.52. The van der Waals surface area contributed by atoms with Gasteiger partial charge in [0, 0.05) is 29.9 Å². The molecule has 0 saturated carbocycles. The molecule has 0 unspecified atom stereocenters. The third-order valence-corrected chi connectivity index (χ3v) is 3.49. The zero-order valence-corrected chi connectivity index (χ0v) is 13.3. The highest BCUT2D eigenvalue weighted by Gasteiger charge is 2.14. The SMILES string of the molecule is CCCN(CC(=O)N(C)C)c1ccc(N)cc1I. The van der Waals surface area contributed by atoms with E-state index in [0.717, 1.165) is 27.9 Å². The first kappa shape index (κ1) is 15.1. The second kappa shape index (κ2) is 6.82. The summed E-state index contributed by atoms with van der Waals surface area (Å²) < 4.78 is 1.08. The maximum Gasteiger partial charge on any atom is 0.241 e. The normalized spacial score (nSPS) is 10.2. The van der Waals surface area contributed by atoms with Gasteiger partial charge in [0.1, 0.15) is 0 Å². The van der Waals surface area contributed by atoms with Crippen LogP contribution < -0.4 is 10.6 Å². The molecule has 0 atom stereocenters. The van der Waals surface area contributed by atoms with Gasteiger partial charge in [0.25, 0.3) is 0 Å². The molecule has 5 heteroatoms. The summed E-state index contributed by atoms with van der Waals surface area (Å²) in [6, 6.07) is 5.79. The van der Waals surface area contributed by atoms with Crippen molar-refractivity contribution in [2.75, 3.05) is 37.8 Å². The minimum Gasteiger partial charge on any atom is -0.399 e. The fraction of sp³-hybridized carbons (Fsp3) is 0.462. The Morgan fingerprint density at radius 3 is 2.56 bits per heavy atom. The lowest BCUT2D eigenvalue weighted by atomic mass is 10.2. The molecule has 0 heterocycles. The van der Waals surface area contributed by atoms with Gasteiger partial charge in [0.2, 0.25) is 5.91 Å². The van der Waals surface area contributed by atoms with Crippen LogP contribution in [0.15, 0.2) is 18.2 Å². The van der Waals surface area contributed by atoms with E-state index in [4.69, 9.17) is 5.73 Å². The van der Waals surface area contributed by atoms with Crippen LogP contribution in [0.4, 0.5) is 11.4 Å². The van der Waals surface area contributed by atoms with Gasteiger partial charge in [-0.2, -0.15) is 0 Å². The highest BCUT2D eigenvalue weighted by Crippen LogP contribution is 2.25. The van der Waals surface area contributed by atoms with Gasteiger partial charge in [-0.25, -0.2) is 0 Å². The van der Waals surface area contributed by atoms with E-state index in [-0.39, 0.29) is 5.91 Å². The van der Waals surface area contributed by atoms with E-state index < -0.39 is 0 Å². The Balaban J connectivity index is 2.93. The monoisotopic (exact) mass is 361 g/mol. The lowest BCUT2D eigenvalue weighted by Crippen LogP contribution is -2.37. The predicted octanol–water partition coefficient (Wildman–Crippen LogP) is 2.18. The average molecular weight is 361 g/mol. The Morgan fingerprint density at radius 1 is 1.39 bits per heavy atom. The topological polar surface area (TPSA) is 49.6 Å². The van der Waals surface area contributed by atoms with Gasteiger partial charge >= 0.3 is 0 Å². The number of rotatable bonds is 5. The molecule has 2 N–H and O–H groups in total. The molecule has 1 aromatic carbocycles. The Morgan fingerprint density at radius 2 is 2.06 bits per heavy atom. The number of anilines is 2. The van der Waals surface area contributed by atoms with Gasteiger partial charge in [0.05, 0.1) is 12.2 Å². The molecule has 1 aromatic rings. The molecule has 0 aliphatic carbocycles. The van der Waals surface area contributed by atoms with Gasteiger partial charge in [-0.15, -0.1) is 0 Å². The van der Waals surface area contributed by atoms with Crippen LogP contribution in [0.3, 0.4) is 0 Å². The van der Waals surface area contributed by atoms with E-state index in [1.165, 1.54) is 0 Å². The van der Waals surface area contributed by atoms with E-state index in [9.17, 15) is 4.79 Å². The standard InChI is InChI=1S/C13H20IN3O/c1-4-7-17(9-13(18)16(2)3)12-6-5-10(15)8-11(12)14/h5-6,8H,4,7,9,15H2,1-3H3. The molecule has 1 rings (SSSR count). The van der Waals surface area contributed by atoms with Crippen molar-refractivity contribution >= 4 is 39.9 Å². The highest BCUT2D eigenvalue weighted by molar-refractivity contribution is 14.1. The Hall–Kier alpha value is -0.980. The fourth-order valence-electron chi connectivity index (χ4n) is 1.64. The highest BCUT2D eigenvalue weighted by atomic mass is 127. The zero-order chi connectivity index (χ0) is 13.7. The van der Waals surface area contributed by atoms with Crippen LogP contribution in [-0.2, 0) is 4.79 Å². The van der Waals surface area contributed by atoms with Gasteiger partial charge in [0.15, 0.2) is 0 Å². The molecule has 100 valence electrons. The number of amides is 1. The minimum absolute atomic E-state index is 0.107. The van der Waals surface area contributed by atoms with E-state index >= 15 is 0 Å². The van der Waals surface area contributed by atoms with Gasteiger partial charge < -0.3 is 15.5 Å². The molecule has 0 aliphatic rings. The number of hydrogen-bond donors (Lipinski definition) is 1. The first-order valence-electron chi connectivity index (χ1n) is 5.95. The molecule has 0 bridgehead atoms. The van der Waals surface area contributed by atoms with Gasteiger partial charge in [-0.05, 0) is 47.2 Å². The maximum atomic E-state index is 11.8. The van der Waals surface area contributed by atoms with Crippen LogP contribution in [-0.4, -0.2) is 38.0 Å². The van der Waals surface area contributed by atoms with Crippen LogP contribution >= 0.6 is 22.6 Å². The summed E-state index contributed by atoms with van der Waals surface area (Å²) >= 11 is 2.26. The van der Waals surface area contributed by atoms with Crippen molar-refractivity contribution < 1.29 is 4.79 Å². The molecule has 18 heavy (non-hydrogen) atoms. The van der Waals surface area contributed by atoms with Gasteiger partial charge in [-0.3, -0.25) is 4.79 Å². The van der Waals surface area contributed by atoms with Gasteiger partial charge in [-0.1, -0.05) is 6.92 Å². The van der Waals surface area contributed by atoms with Crippen molar-refractivity contribution in [3.63, 3.8) is 0 Å². The number of benzene rings is 1. The average Bonchev–Trinajstić information content (AvgIpc) is 2.28. The lowest BCUT2D eigenvalue weighted by molar-refractivity contribution is -0.127. The molecule has 0 aromatic heterocycles. The molecule has 0 spiro atoms. The van der Waals surface area contributed by atoms with Crippen LogP contribution in [0.25, 0.3) is 0 Å². The van der Waals surface area contributed by atoms with Crippen molar-refractivity contribution in [1.82, 2.24) is 4.90 Å². The first-order valence-corrected chi connectivity index (χ1v) is 7.03. The van der Waals surface area contributed by atoms with Crippen molar-refractivity contribution in [3.8, 4) is 0 Å². The molecule has 0 radical (unpaired) electrons. The molecule has 0 aliphatic heterocycles. The zero-order valence-electron chi connectivity index (χ0n) is 11.1. The smallest absolute Gasteiger partial charge is 0.241 e. The van der Waals surface area contributed by atoms with Crippen LogP contribution in [0, 0.1) is 3.57 Å². The Labute approximate surface area is 122 Å². The number of likely N-dealkylation sites (N-methyl/N-ethyl adjacent to an activating group) is 1. The number of carbonyl (C=O) groups is 1. The largest absolute Gasteiger partial charge is 0.399 e. The second-order valence-corrected chi connectivity index (χ2v) is 5.58. The Kier molecular flexibility index (Phi) is 5.71. The summed E-state index contributed by atoms with van der Waals surface area (Å²) in [5, 5.41) is 0. The van der Waals surface area contributed by atoms with E-state index in [1.54, 1.807) is 19.0 Å². The molecule has 0 saturated heterocycles. The molecular weight excluding hydrogens is 341 g/mol. The first-order chi connectivity index (χ1) is 8.45. The van der Waals surface area contributed by atoms with Crippen molar-refractivity contribution in [3.05, 3.63) is 21.8 Å². The summed E-state index contributed by atoms with van der Waals surface area (Å²) in [5.41, 5.74) is 7.57. The molecule has 1 amide bonds. The van der Waals surface area contributed by atoms with E-state index in [2.05, 4.69) is 34.4 Å². The summed E-state index contributed by atoms with van der Waals surface area (Å²) in [7, 11) is 3.56. The summed E-state index contributed by atoms with van der Waals surface area (Å²) in [6.45, 7) is 3.37. The number of carbonyl (C=O) groups excluding carboxylic acids is 1. The summed E-state index contributed by atoms with van der Waals surface area (Å²) in [5.74, 6) is 0.107. The molecule has 4 nitrogen and oxygen atoms in total. The minimum atomic E-state index is 0.107. The number of nitrogens with two attached hydrogens (primary N) is 1. The molecule has 0 fully saturated rings. The predicted molar refractivity (Wildman–Crippen MR) is 84.8 cm³/mol. The van der Waals surface area contributed by atoms with Crippen LogP contribution in [0.5, 0.6) is 0 Å². The van der Waals surface area contributed by atoms with Crippen LogP contribution in [0.2, 0.25) is 0 Å². The maximum absolute atomic E-state index is 11.8. The second-order valence-electron chi connectivity index (χ2n) is 4.42. The third kappa shape index (κ3) is 4.04. The number of nitrogen functional groups attached to an aromatic ring is 1. The quantitative estimate of drug-likeness (QED) is 0.646. The number of hydrogen-bond acceptors (Lipinski definition) is 3. The van der Waals surface area contributed by atoms with Crippen LogP contribution in [0.1, 0.15) is 13.3 Å². The van der Waals surface area contributed by atoms with Crippen molar-refractivity contribution in [2.24, 2.45) is 0 Å². The Bertz CT molecular complexity index is 421. The summed E-state index contributed by atoms with van der Waals surface area (Å²) in [6.07, 6.45) is 1.00. The van der Waals surface area contributed by atoms with Crippen molar-refractivity contribution in [1.29, 1.82) is 0 Å². The summed E-state index contributed by atoms with van der Waals surface area (Å²) in [4.78, 5) is 15.6. The molecular formula is C13H20IN3O.